The van der Waals surface area contributed by atoms with Crippen LogP contribution in [-0.4, -0.2) is 58.4 Å². The lowest BCUT2D eigenvalue weighted by Crippen LogP contribution is -2.57. The highest BCUT2D eigenvalue weighted by Gasteiger charge is 2.42. The highest BCUT2D eigenvalue weighted by molar-refractivity contribution is 5.86. The molecule has 0 saturated carbocycles. The highest BCUT2D eigenvalue weighted by Crippen LogP contribution is 2.23. The van der Waals surface area contributed by atoms with Crippen molar-refractivity contribution >= 4 is 5.91 Å². The maximum atomic E-state index is 12.3. The Bertz CT molecular complexity index is 266. The molecule has 0 aromatic rings. The van der Waals surface area contributed by atoms with E-state index in [4.69, 9.17) is 0 Å². The number of carbonyl (C=O) groups excluding carboxylic acids is 1. The van der Waals surface area contributed by atoms with E-state index >= 15 is 0 Å². The van der Waals surface area contributed by atoms with Gasteiger partial charge in [-0.25, -0.2) is 0 Å². The second-order valence-electron chi connectivity index (χ2n) is 5.06. The van der Waals surface area contributed by atoms with Crippen LogP contribution in [0.5, 0.6) is 0 Å². The Morgan fingerprint density at radius 2 is 1.94 bits per heavy atom. The fourth-order valence-electron chi connectivity index (χ4n) is 2.52. The van der Waals surface area contributed by atoms with Gasteiger partial charge in [-0.05, 0) is 32.7 Å². The molecule has 92 valence electrons. The first-order valence-electron chi connectivity index (χ1n) is 5.93. The van der Waals surface area contributed by atoms with Crippen LogP contribution in [0.1, 0.15) is 26.2 Å². The molecule has 0 aliphatic carbocycles. The number of nitrogens with one attached hydrogen (secondary N) is 1. The third-order valence-electron chi connectivity index (χ3n) is 3.64. The SMILES string of the molecule is CC1(C(=O)N2CC(O)C(O)C2)CCCCN1. The summed E-state index contributed by atoms with van der Waals surface area (Å²) in [5, 5.41) is 22.1. The standard InChI is InChI=1S/C11H20N2O3/c1-11(4-2-3-5-12-11)10(16)13-6-8(14)9(15)7-13/h8-9,12,14-15H,2-7H2,1H3. The number of β-amino-alcohol motifs (C(OH)–C–C–N with tert-alkyl or cyclic N) is 2. The van der Waals surface area contributed by atoms with E-state index in [1.807, 2.05) is 6.92 Å². The number of amides is 1. The molecular formula is C11H20N2O3. The van der Waals surface area contributed by atoms with E-state index in [0.717, 1.165) is 25.8 Å². The van der Waals surface area contributed by atoms with Crippen molar-refractivity contribution in [2.45, 2.75) is 43.9 Å². The van der Waals surface area contributed by atoms with Crippen LogP contribution in [0.2, 0.25) is 0 Å². The molecule has 3 atom stereocenters. The molecule has 0 radical (unpaired) electrons. The van der Waals surface area contributed by atoms with Gasteiger partial charge in [-0.1, -0.05) is 0 Å². The van der Waals surface area contributed by atoms with E-state index in [-0.39, 0.29) is 19.0 Å². The Morgan fingerprint density at radius 3 is 2.44 bits per heavy atom. The highest BCUT2D eigenvalue weighted by atomic mass is 16.3. The number of carbonyl (C=O) groups is 1. The Hall–Kier alpha value is -0.650. The number of piperidine rings is 1. The molecule has 16 heavy (non-hydrogen) atoms. The lowest BCUT2D eigenvalue weighted by molar-refractivity contribution is -0.138. The summed E-state index contributed by atoms with van der Waals surface area (Å²) in [4.78, 5) is 13.8. The van der Waals surface area contributed by atoms with Crippen LogP contribution in [0, 0.1) is 0 Å². The molecule has 2 fully saturated rings. The van der Waals surface area contributed by atoms with Crippen molar-refractivity contribution in [1.29, 1.82) is 0 Å². The van der Waals surface area contributed by atoms with E-state index in [1.54, 1.807) is 4.90 Å². The van der Waals surface area contributed by atoms with E-state index in [2.05, 4.69) is 5.32 Å². The molecule has 5 nitrogen and oxygen atoms in total. The van der Waals surface area contributed by atoms with Crippen molar-refractivity contribution in [2.24, 2.45) is 0 Å². The summed E-state index contributed by atoms with van der Waals surface area (Å²) in [5.74, 6) is 0.00259. The summed E-state index contributed by atoms with van der Waals surface area (Å²) in [6.45, 7) is 3.27. The minimum absolute atomic E-state index is 0.00259. The minimum atomic E-state index is -0.795. The summed E-state index contributed by atoms with van der Waals surface area (Å²) < 4.78 is 0. The average molecular weight is 228 g/mol. The van der Waals surface area contributed by atoms with Gasteiger partial charge in [0, 0.05) is 13.1 Å². The van der Waals surface area contributed by atoms with Gasteiger partial charge in [0.05, 0.1) is 17.7 Å². The van der Waals surface area contributed by atoms with Crippen LogP contribution in [-0.2, 0) is 4.79 Å². The number of hydrogen-bond donors (Lipinski definition) is 3. The topological polar surface area (TPSA) is 72.8 Å². The summed E-state index contributed by atoms with van der Waals surface area (Å²) >= 11 is 0. The van der Waals surface area contributed by atoms with Gasteiger partial charge in [-0.2, -0.15) is 0 Å². The van der Waals surface area contributed by atoms with Crippen LogP contribution in [0.4, 0.5) is 0 Å². The van der Waals surface area contributed by atoms with Gasteiger partial charge < -0.3 is 20.4 Å². The predicted octanol–water partition coefficient (Wildman–Crippen LogP) is -0.917. The largest absolute Gasteiger partial charge is 0.388 e. The van der Waals surface area contributed by atoms with Crippen molar-refractivity contribution in [3.8, 4) is 0 Å². The monoisotopic (exact) mass is 228 g/mol. The van der Waals surface area contributed by atoms with Crippen molar-refractivity contribution in [3.63, 3.8) is 0 Å². The molecule has 2 rings (SSSR count). The maximum Gasteiger partial charge on any atom is 0.242 e. The smallest absolute Gasteiger partial charge is 0.242 e. The fraction of sp³-hybridized carbons (Fsp3) is 0.909. The molecular weight excluding hydrogens is 208 g/mol. The van der Waals surface area contributed by atoms with Gasteiger partial charge in [0.2, 0.25) is 5.91 Å². The molecule has 0 aromatic carbocycles. The van der Waals surface area contributed by atoms with E-state index in [9.17, 15) is 15.0 Å². The normalized spacial score (nSPS) is 40.1. The van der Waals surface area contributed by atoms with Crippen molar-refractivity contribution in [2.75, 3.05) is 19.6 Å². The molecule has 3 unspecified atom stereocenters. The molecule has 1 amide bonds. The van der Waals surface area contributed by atoms with Gasteiger partial charge in [0.15, 0.2) is 0 Å². The van der Waals surface area contributed by atoms with Gasteiger partial charge in [0.25, 0.3) is 0 Å². The van der Waals surface area contributed by atoms with Crippen molar-refractivity contribution in [1.82, 2.24) is 10.2 Å². The molecule has 0 aromatic heterocycles. The van der Waals surface area contributed by atoms with Crippen LogP contribution in [0.15, 0.2) is 0 Å². The predicted molar refractivity (Wildman–Crippen MR) is 58.9 cm³/mol. The van der Waals surface area contributed by atoms with Crippen LogP contribution in [0.25, 0.3) is 0 Å². The van der Waals surface area contributed by atoms with Gasteiger partial charge in [-0.3, -0.25) is 4.79 Å². The zero-order chi connectivity index (χ0) is 11.8. The third kappa shape index (κ3) is 2.07. The quantitative estimate of drug-likeness (QED) is 0.543. The van der Waals surface area contributed by atoms with E-state index in [1.165, 1.54) is 0 Å². The number of aliphatic hydroxyl groups excluding tert-OH is 2. The fourth-order valence-corrected chi connectivity index (χ4v) is 2.52. The summed E-state index contributed by atoms with van der Waals surface area (Å²) in [6, 6.07) is 0. The first-order chi connectivity index (χ1) is 7.53. The van der Waals surface area contributed by atoms with Crippen molar-refractivity contribution in [3.05, 3.63) is 0 Å². The van der Waals surface area contributed by atoms with Gasteiger partial charge >= 0.3 is 0 Å². The van der Waals surface area contributed by atoms with Crippen molar-refractivity contribution < 1.29 is 15.0 Å². The zero-order valence-corrected chi connectivity index (χ0v) is 9.65. The average Bonchev–Trinajstić information content (AvgIpc) is 2.59. The number of hydrogen-bond acceptors (Lipinski definition) is 4. The Labute approximate surface area is 95.4 Å². The van der Waals surface area contributed by atoms with E-state index in [0.29, 0.717) is 0 Å². The second-order valence-corrected chi connectivity index (χ2v) is 5.06. The number of rotatable bonds is 1. The second kappa shape index (κ2) is 4.31. The first-order valence-corrected chi connectivity index (χ1v) is 5.93. The lowest BCUT2D eigenvalue weighted by Gasteiger charge is -2.36. The molecule has 2 heterocycles. The summed E-state index contributed by atoms with van der Waals surface area (Å²) in [6.07, 6.45) is 1.39. The maximum absolute atomic E-state index is 12.3. The number of likely N-dealkylation sites (tertiary alicyclic amines) is 1. The molecule has 2 aliphatic rings. The van der Waals surface area contributed by atoms with Gasteiger partial charge in [-0.15, -0.1) is 0 Å². The summed E-state index contributed by atoms with van der Waals surface area (Å²) in [5.41, 5.74) is -0.512. The van der Waals surface area contributed by atoms with Gasteiger partial charge in [0.1, 0.15) is 0 Å². The molecule has 0 spiro atoms. The minimum Gasteiger partial charge on any atom is -0.388 e. The number of aliphatic hydroxyl groups is 2. The Kier molecular flexibility index (Phi) is 3.19. The van der Waals surface area contributed by atoms with Crippen LogP contribution >= 0.6 is 0 Å². The third-order valence-corrected chi connectivity index (χ3v) is 3.64. The molecule has 0 bridgehead atoms. The first kappa shape index (κ1) is 11.8. The molecule has 3 N–H and O–H groups in total. The van der Waals surface area contributed by atoms with Crippen LogP contribution in [0.3, 0.4) is 0 Å². The van der Waals surface area contributed by atoms with E-state index < -0.39 is 17.7 Å². The Balaban J connectivity index is 2.01. The molecule has 2 saturated heterocycles. The Morgan fingerprint density at radius 1 is 1.31 bits per heavy atom. The zero-order valence-electron chi connectivity index (χ0n) is 9.65. The summed E-state index contributed by atoms with van der Waals surface area (Å²) in [7, 11) is 0. The number of nitrogens with zero attached hydrogens (tertiary/aromatic N) is 1. The molecule has 5 heteroatoms. The lowest BCUT2D eigenvalue weighted by atomic mass is 9.89. The van der Waals surface area contributed by atoms with Crippen LogP contribution < -0.4 is 5.32 Å². The molecule has 2 aliphatic heterocycles.